The second-order valence-corrected chi connectivity index (χ2v) is 4.34. The number of rotatable bonds is 4. The summed E-state index contributed by atoms with van der Waals surface area (Å²) in [7, 11) is 0. The van der Waals surface area contributed by atoms with Crippen molar-refractivity contribution in [2.24, 2.45) is 5.73 Å². The summed E-state index contributed by atoms with van der Waals surface area (Å²) in [5.74, 6) is -0.396. The van der Waals surface area contributed by atoms with Gasteiger partial charge in [-0.05, 0) is 43.7 Å². The molecule has 0 aliphatic carbocycles. The van der Waals surface area contributed by atoms with Crippen molar-refractivity contribution in [2.45, 2.75) is 18.9 Å². The Morgan fingerprint density at radius 1 is 1.39 bits per heavy atom. The van der Waals surface area contributed by atoms with Crippen molar-refractivity contribution in [1.82, 2.24) is 0 Å². The van der Waals surface area contributed by atoms with E-state index < -0.39 is 0 Å². The van der Waals surface area contributed by atoms with Gasteiger partial charge in [-0.1, -0.05) is 0 Å². The highest BCUT2D eigenvalue weighted by atomic mass is 19.1. The number of hydrogen-bond donors (Lipinski definition) is 1. The second-order valence-electron chi connectivity index (χ2n) is 4.34. The van der Waals surface area contributed by atoms with Crippen LogP contribution in [0.2, 0.25) is 0 Å². The average Bonchev–Trinajstić information content (AvgIpc) is 2.38. The molecule has 0 saturated carbocycles. The third-order valence-corrected chi connectivity index (χ3v) is 3.02. The summed E-state index contributed by atoms with van der Waals surface area (Å²) in [6.07, 6.45) is 1.62. The van der Waals surface area contributed by atoms with E-state index in [9.17, 15) is 9.18 Å². The molecule has 5 heteroatoms. The summed E-state index contributed by atoms with van der Waals surface area (Å²) in [4.78, 5) is 13.6. The maximum atomic E-state index is 12.9. The lowest BCUT2D eigenvalue weighted by molar-refractivity contribution is -0.127. The van der Waals surface area contributed by atoms with Gasteiger partial charge in [-0.2, -0.15) is 0 Å². The average molecular weight is 252 g/mol. The van der Waals surface area contributed by atoms with E-state index in [-0.39, 0.29) is 24.4 Å². The van der Waals surface area contributed by atoms with Crippen molar-refractivity contribution in [3.05, 3.63) is 30.1 Å². The minimum Gasteiger partial charge on any atom is -0.369 e. The van der Waals surface area contributed by atoms with Gasteiger partial charge in [-0.3, -0.25) is 4.79 Å². The lowest BCUT2D eigenvalue weighted by atomic mass is 10.1. The third-order valence-electron chi connectivity index (χ3n) is 3.02. The number of benzene rings is 1. The first-order chi connectivity index (χ1) is 8.72. The number of ether oxygens (including phenoxy) is 1. The highest BCUT2D eigenvalue weighted by Gasteiger charge is 2.29. The van der Waals surface area contributed by atoms with Gasteiger partial charge in [0.05, 0.1) is 12.6 Å². The summed E-state index contributed by atoms with van der Waals surface area (Å²) in [5.41, 5.74) is 6.21. The maximum Gasteiger partial charge on any atom is 0.253 e. The molecule has 0 spiro atoms. The summed E-state index contributed by atoms with van der Waals surface area (Å²) in [6, 6.07) is 5.94. The predicted octanol–water partition coefficient (Wildman–Crippen LogP) is 1.30. The van der Waals surface area contributed by atoms with Gasteiger partial charge in [-0.15, -0.1) is 0 Å². The topological polar surface area (TPSA) is 55.6 Å². The van der Waals surface area contributed by atoms with E-state index in [2.05, 4.69) is 0 Å². The van der Waals surface area contributed by atoms with Gasteiger partial charge in [0.25, 0.3) is 5.91 Å². The summed E-state index contributed by atoms with van der Waals surface area (Å²) in [5, 5.41) is 0. The zero-order valence-corrected chi connectivity index (χ0v) is 10.1. The fraction of sp³-hybridized carbons (Fsp3) is 0.462. The quantitative estimate of drug-likeness (QED) is 0.878. The van der Waals surface area contributed by atoms with Crippen molar-refractivity contribution in [3.8, 4) is 0 Å². The molecule has 98 valence electrons. The zero-order valence-electron chi connectivity index (χ0n) is 10.1. The molecule has 1 aliphatic heterocycles. The summed E-state index contributed by atoms with van der Waals surface area (Å²) < 4.78 is 18.2. The van der Waals surface area contributed by atoms with Crippen LogP contribution in [0.15, 0.2) is 24.3 Å². The Kier molecular flexibility index (Phi) is 4.28. The van der Waals surface area contributed by atoms with Gasteiger partial charge in [0, 0.05) is 5.69 Å². The molecule has 1 unspecified atom stereocenters. The molecule has 4 nitrogen and oxygen atoms in total. The van der Waals surface area contributed by atoms with Crippen molar-refractivity contribution < 1.29 is 13.9 Å². The van der Waals surface area contributed by atoms with Crippen LogP contribution < -0.4 is 10.6 Å². The largest absolute Gasteiger partial charge is 0.369 e. The molecule has 18 heavy (non-hydrogen) atoms. The lowest BCUT2D eigenvalue weighted by Crippen LogP contribution is -2.49. The van der Waals surface area contributed by atoms with E-state index in [1.807, 2.05) is 0 Å². The number of hydrogen-bond acceptors (Lipinski definition) is 3. The molecular weight excluding hydrogens is 235 g/mol. The SMILES string of the molecule is NCCCC1COCC(=O)N1c1ccc(F)cc1. The Morgan fingerprint density at radius 3 is 2.78 bits per heavy atom. The van der Waals surface area contributed by atoms with Crippen LogP contribution in [0.25, 0.3) is 0 Å². The Labute approximate surface area is 106 Å². The number of halogens is 1. The van der Waals surface area contributed by atoms with Gasteiger partial charge in [-0.25, -0.2) is 4.39 Å². The number of nitrogens with zero attached hydrogens (tertiary/aromatic N) is 1. The van der Waals surface area contributed by atoms with Crippen molar-refractivity contribution in [1.29, 1.82) is 0 Å². The van der Waals surface area contributed by atoms with E-state index in [0.29, 0.717) is 18.8 Å². The Hall–Kier alpha value is -1.46. The van der Waals surface area contributed by atoms with Gasteiger partial charge in [0.2, 0.25) is 0 Å². The predicted molar refractivity (Wildman–Crippen MR) is 66.8 cm³/mol. The molecule has 2 rings (SSSR count). The van der Waals surface area contributed by atoms with Crippen LogP contribution in [-0.4, -0.2) is 31.7 Å². The first kappa shape index (κ1) is 13.0. The molecule has 2 N–H and O–H groups in total. The van der Waals surface area contributed by atoms with E-state index >= 15 is 0 Å². The molecular formula is C13H17FN2O2. The standard InChI is InChI=1S/C13H17FN2O2/c14-10-3-5-11(6-4-10)16-12(2-1-7-15)8-18-9-13(16)17/h3-6,12H,1-2,7-9,15H2. The van der Waals surface area contributed by atoms with Crippen molar-refractivity contribution >= 4 is 11.6 Å². The zero-order chi connectivity index (χ0) is 13.0. The number of anilines is 1. The highest BCUT2D eigenvalue weighted by Crippen LogP contribution is 2.23. The fourth-order valence-electron chi connectivity index (χ4n) is 2.15. The number of amides is 1. The van der Waals surface area contributed by atoms with E-state index in [0.717, 1.165) is 12.8 Å². The first-order valence-electron chi connectivity index (χ1n) is 6.08. The molecule has 1 atom stereocenters. The molecule has 1 aliphatic rings. The van der Waals surface area contributed by atoms with Crippen LogP contribution in [0.5, 0.6) is 0 Å². The number of carbonyl (C=O) groups is 1. The minimum absolute atomic E-state index is 0.0136. The van der Waals surface area contributed by atoms with Crippen LogP contribution in [-0.2, 0) is 9.53 Å². The van der Waals surface area contributed by atoms with Crippen LogP contribution in [0, 0.1) is 5.82 Å². The minimum atomic E-state index is -0.307. The van der Waals surface area contributed by atoms with Crippen molar-refractivity contribution in [2.75, 3.05) is 24.7 Å². The molecule has 1 heterocycles. The second kappa shape index (κ2) is 5.93. The molecule has 0 bridgehead atoms. The van der Waals surface area contributed by atoms with Gasteiger partial charge < -0.3 is 15.4 Å². The van der Waals surface area contributed by atoms with Gasteiger partial charge in [0.1, 0.15) is 12.4 Å². The van der Waals surface area contributed by atoms with Crippen LogP contribution in [0.4, 0.5) is 10.1 Å². The number of carbonyl (C=O) groups excluding carboxylic acids is 1. The van der Waals surface area contributed by atoms with E-state index in [1.54, 1.807) is 17.0 Å². The smallest absolute Gasteiger partial charge is 0.253 e. The summed E-state index contributed by atoms with van der Waals surface area (Å²) >= 11 is 0. The third kappa shape index (κ3) is 2.86. The lowest BCUT2D eigenvalue weighted by Gasteiger charge is -2.35. The first-order valence-corrected chi connectivity index (χ1v) is 6.08. The normalized spacial score (nSPS) is 20.2. The van der Waals surface area contributed by atoms with Crippen LogP contribution >= 0.6 is 0 Å². The molecule has 0 aromatic heterocycles. The van der Waals surface area contributed by atoms with E-state index in [4.69, 9.17) is 10.5 Å². The Bertz CT molecular complexity index is 408. The molecule has 1 aromatic carbocycles. The van der Waals surface area contributed by atoms with Crippen molar-refractivity contribution in [3.63, 3.8) is 0 Å². The van der Waals surface area contributed by atoms with Crippen LogP contribution in [0.1, 0.15) is 12.8 Å². The van der Waals surface area contributed by atoms with E-state index in [1.165, 1.54) is 12.1 Å². The molecule has 0 radical (unpaired) electrons. The molecule has 1 fully saturated rings. The maximum absolute atomic E-state index is 12.9. The van der Waals surface area contributed by atoms with Crippen LogP contribution in [0.3, 0.4) is 0 Å². The number of morpholine rings is 1. The monoisotopic (exact) mass is 252 g/mol. The summed E-state index contributed by atoms with van der Waals surface area (Å²) in [6.45, 7) is 1.17. The Morgan fingerprint density at radius 2 is 2.11 bits per heavy atom. The molecule has 1 aromatic rings. The molecule has 1 amide bonds. The highest BCUT2D eigenvalue weighted by molar-refractivity contribution is 5.95. The number of nitrogens with two attached hydrogens (primary N) is 1. The fourth-order valence-corrected chi connectivity index (χ4v) is 2.15. The van der Waals surface area contributed by atoms with Gasteiger partial charge >= 0.3 is 0 Å². The van der Waals surface area contributed by atoms with Gasteiger partial charge in [0.15, 0.2) is 0 Å². The Balaban J connectivity index is 2.18. The molecule has 1 saturated heterocycles.